The van der Waals surface area contributed by atoms with Gasteiger partial charge in [0.1, 0.15) is 0 Å². The monoisotopic (exact) mass is 427 g/mol. The average Bonchev–Trinajstić information content (AvgIpc) is 2.71. The van der Waals surface area contributed by atoms with Crippen LogP contribution in [0.2, 0.25) is 0 Å². The Labute approximate surface area is 172 Å². The largest absolute Gasteiger partial charge is 0.379 e. The number of benzene rings is 1. The molecular weight excluding hydrogens is 398 g/mol. The Hall–Kier alpha value is -1.59. The van der Waals surface area contributed by atoms with Crippen LogP contribution < -0.4 is 15.5 Å². The highest BCUT2D eigenvalue weighted by atomic mass is 32.2. The van der Waals surface area contributed by atoms with Gasteiger partial charge in [0.25, 0.3) is 0 Å². The number of ether oxygens (including phenoxy) is 1. The fourth-order valence-corrected chi connectivity index (χ4v) is 3.87. The summed E-state index contributed by atoms with van der Waals surface area (Å²) >= 11 is 5.24. The van der Waals surface area contributed by atoms with Crippen LogP contribution in [0.15, 0.2) is 34.3 Å². The third-order valence-electron chi connectivity index (χ3n) is 4.27. The number of nitrogens with one attached hydrogen (secondary N) is 3. The van der Waals surface area contributed by atoms with Gasteiger partial charge in [-0.05, 0) is 43.3 Å². The number of sulfonamides is 1. The maximum absolute atomic E-state index is 12.1. The molecule has 0 atom stereocenters. The SMILES string of the molecule is CCCNS(=O)(=O)c1ccc(/C(C)=N\NC(=S)NCCN2CCOCC2)cc1. The predicted octanol–water partition coefficient (Wildman–Crippen LogP) is 0.895. The Balaban J connectivity index is 1.81. The van der Waals surface area contributed by atoms with Gasteiger partial charge >= 0.3 is 0 Å². The molecule has 0 bridgehead atoms. The summed E-state index contributed by atoms with van der Waals surface area (Å²) in [5.74, 6) is 0. The van der Waals surface area contributed by atoms with Crippen molar-refractivity contribution in [2.24, 2.45) is 5.10 Å². The fraction of sp³-hybridized carbons (Fsp3) is 0.556. The van der Waals surface area contributed by atoms with E-state index < -0.39 is 10.0 Å². The van der Waals surface area contributed by atoms with E-state index in [-0.39, 0.29) is 4.90 Å². The van der Waals surface area contributed by atoms with E-state index in [2.05, 4.69) is 25.5 Å². The Morgan fingerprint density at radius 2 is 1.89 bits per heavy atom. The van der Waals surface area contributed by atoms with Gasteiger partial charge in [0.05, 0.1) is 23.8 Å². The van der Waals surface area contributed by atoms with Crippen LogP contribution in [-0.4, -0.2) is 70.1 Å². The molecule has 3 N–H and O–H groups in total. The highest BCUT2D eigenvalue weighted by Crippen LogP contribution is 2.11. The fourth-order valence-electron chi connectivity index (χ4n) is 2.59. The standard InChI is InChI=1S/C18H29N5O3S2/c1-3-8-20-28(24,25)17-6-4-16(5-7-17)15(2)21-22-18(27)19-9-10-23-11-13-26-14-12-23/h4-7,20H,3,8-14H2,1-2H3,(H2,19,22,27)/b21-15-. The molecule has 0 saturated carbocycles. The van der Waals surface area contributed by atoms with Crippen LogP contribution in [0.25, 0.3) is 0 Å². The van der Waals surface area contributed by atoms with Gasteiger partial charge in [0, 0.05) is 32.7 Å². The molecular formula is C18H29N5O3S2. The minimum atomic E-state index is -3.46. The quantitative estimate of drug-likeness (QED) is 0.306. The maximum atomic E-state index is 12.1. The van der Waals surface area contributed by atoms with Crippen molar-refractivity contribution in [1.29, 1.82) is 0 Å². The van der Waals surface area contributed by atoms with Crippen LogP contribution in [0.4, 0.5) is 0 Å². The minimum absolute atomic E-state index is 0.241. The molecule has 0 spiro atoms. The summed E-state index contributed by atoms with van der Waals surface area (Å²) in [6.07, 6.45) is 0.745. The summed E-state index contributed by atoms with van der Waals surface area (Å²) in [5, 5.41) is 7.85. The van der Waals surface area contributed by atoms with Gasteiger partial charge in [0.15, 0.2) is 5.11 Å². The second-order valence-electron chi connectivity index (χ2n) is 6.44. The number of hydrogen-bond acceptors (Lipinski definition) is 6. The minimum Gasteiger partial charge on any atom is -0.379 e. The molecule has 0 amide bonds. The van der Waals surface area contributed by atoms with Crippen molar-refractivity contribution in [2.45, 2.75) is 25.2 Å². The molecule has 2 rings (SSSR count). The van der Waals surface area contributed by atoms with Gasteiger partial charge < -0.3 is 10.1 Å². The van der Waals surface area contributed by atoms with Gasteiger partial charge in [-0.25, -0.2) is 13.1 Å². The van der Waals surface area contributed by atoms with Gasteiger partial charge in [-0.3, -0.25) is 10.3 Å². The summed E-state index contributed by atoms with van der Waals surface area (Å²) in [6, 6.07) is 6.61. The van der Waals surface area contributed by atoms with Gasteiger partial charge in [-0.1, -0.05) is 19.1 Å². The molecule has 1 aromatic rings. The van der Waals surface area contributed by atoms with Crippen LogP contribution in [0, 0.1) is 0 Å². The van der Waals surface area contributed by atoms with Crippen LogP contribution in [-0.2, 0) is 14.8 Å². The molecule has 0 unspecified atom stereocenters. The molecule has 28 heavy (non-hydrogen) atoms. The topological polar surface area (TPSA) is 95.1 Å². The first-order valence-corrected chi connectivity index (χ1v) is 11.3. The first kappa shape index (κ1) is 22.7. The number of morpholine rings is 1. The number of hydrogen-bond donors (Lipinski definition) is 3. The molecule has 156 valence electrons. The van der Waals surface area contributed by atoms with Gasteiger partial charge in [0.2, 0.25) is 10.0 Å². The molecule has 1 fully saturated rings. The lowest BCUT2D eigenvalue weighted by Gasteiger charge is -2.26. The summed E-state index contributed by atoms with van der Waals surface area (Å²) in [7, 11) is -3.46. The molecule has 10 heteroatoms. The highest BCUT2D eigenvalue weighted by Gasteiger charge is 2.13. The molecule has 0 radical (unpaired) electrons. The second kappa shape index (κ2) is 11.4. The summed E-state index contributed by atoms with van der Waals surface area (Å²) in [6.45, 7) is 9.25. The molecule has 1 aliphatic rings. The van der Waals surface area contributed by atoms with E-state index in [1.54, 1.807) is 24.3 Å². The maximum Gasteiger partial charge on any atom is 0.240 e. The van der Waals surface area contributed by atoms with Gasteiger partial charge in [-0.2, -0.15) is 5.10 Å². The number of hydrazone groups is 1. The van der Waals surface area contributed by atoms with Crippen molar-refractivity contribution < 1.29 is 13.2 Å². The second-order valence-corrected chi connectivity index (χ2v) is 8.62. The number of nitrogens with zero attached hydrogens (tertiary/aromatic N) is 2. The zero-order chi connectivity index (χ0) is 20.4. The van der Waals surface area contributed by atoms with Crippen molar-refractivity contribution >= 4 is 33.1 Å². The number of thiocarbonyl (C=S) groups is 1. The van der Waals surface area contributed by atoms with E-state index in [1.807, 2.05) is 13.8 Å². The zero-order valence-corrected chi connectivity index (χ0v) is 18.0. The van der Waals surface area contributed by atoms with Crippen molar-refractivity contribution in [3.05, 3.63) is 29.8 Å². The third kappa shape index (κ3) is 7.44. The first-order valence-electron chi connectivity index (χ1n) is 9.40. The summed E-state index contributed by atoms with van der Waals surface area (Å²) < 4.78 is 32.1. The Morgan fingerprint density at radius 1 is 1.21 bits per heavy atom. The normalized spacial score (nSPS) is 16.0. The Morgan fingerprint density at radius 3 is 2.54 bits per heavy atom. The predicted molar refractivity (Wildman–Crippen MR) is 115 cm³/mol. The molecule has 1 saturated heterocycles. The van der Waals surface area contributed by atoms with E-state index in [1.165, 1.54) is 0 Å². The summed E-state index contributed by atoms with van der Waals surface area (Å²) in [4.78, 5) is 2.56. The van der Waals surface area contributed by atoms with E-state index >= 15 is 0 Å². The van der Waals surface area contributed by atoms with Crippen molar-refractivity contribution in [3.63, 3.8) is 0 Å². The lowest BCUT2D eigenvalue weighted by Crippen LogP contribution is -2.42. The van der Waals surface area contributed by atoms with Crippen LogP contribution >= 0.6 is 12.2 Å². The van der Waals surface area contributed by atoms with Crippen molar-refractivity contribution in [2.75, 3.05) is 45.9 Å². The Kier molecular flexibility index (Phi) is 9.26. The zero-order valence-electron chi connectivity index (χ0n) is 16.4. The molecule has 1 heterocycles. The lowest BCUT2D eigenvalue weighted by molar-refractivity contribution is 0.0389. The molecule has 8 nitrogen and oxygen atoms in total. The molecule has 0 aromatic heterocycles. The van der Waals surface area contributed by atoms with Crippen molar-refractivity contribution in [1.82, 2.24) is 20.4 Å². The Bertz CT molecular complexity index is 760. The molecule has 0 aliphatic carbocycles. The van der Waals surface area contributed by atoms with E-state index in [9.17, 15) is 8.42 Å². The molecule has 1 aromatic carbocycles. The van der Waals surface area contributed by atoms with E-state index in [4.69, 9.17) is 17.0 Å². The highest BCUT2D eigenvalue weighted by molar-refractivity contribution is 7.89. The third-order valence-corrected chi connectivity index (χ3v) is 5.98. The van der Waals surface area contributed by atoms with Crippen molar-refractivity contribution in [3.8, 4) is 0 Å². The molecule has 1 aliphatic heterocycles. The van der Waals surface area contributed by atoms with E-state index in [0.717, 1.165) is 51.4 Å². The first-order chi connectivity index (χ1) is 13.4. The lowest BCUT2D eigenvalue weighted by atomic mass is 10.1. The number of rotatable bonds is 9. The van der Waals surface area contributed by atoms with E-state index in [0.29, 0.717) is 17.4 Å². The average molecular weight is 428 g/mol. The van der Waals surface area contributed by atoms with Gasteiger partial charge in [-0.15, -0.1) is 0 Å². The smallest absolute Gasteiger partial charge is 0.240 e. The van der Waals surface area contributed by atoms with Crippen LogP contribution in [0.3, 0.4) is 0 Å². The summed E-state index contributed by atoms with van der Waals surface area (Å²) in [5.41, 5.74) is 4.35. The van der Waals surface area contributed by atoms with Crippen LogP contribution in [0.5, 0.6) is 0 Å². The van der Waals surface area contributed by atoms with Crippen LogP contribution in [0.1, 0.15) is 25.8 Å².